The zero-order chi connectivity index (χ0) is 16.2. The molecular formula is C15H12FNO4S. The number of hydrogen-bond acceptors (Lipinski definition) is 3. The number of sulfonamides is 1. The van der Waals surface area contributed by atoms with Crippen LogP contribution in [-0.4, -0.2) is 19.5 Å². The van der Waals surface area contributed by atoms with Crippen molar-refractivity contribution < 1.29 is 22.7 Å². The number of aromatic carboxylic acids is 1. The molecule has 0 saturated heterocycles. The van der Waals surface area contributed by atoms with Crippen molar-refractivity contribution in [1.29, 1.82) is 0 Å². The average molecular weight is 321 g/mol. The minimum absolute atomic E-state index is 0.217. The number of carboxylic acid groups (broad SMARTS) is 1. The van der Waals surface area contributed by atoms with Gasteiger partial charge in [-0.2, -0.15) is 0 Å². The van der Waals surface area contributed by atoms with E-state index in [0.717, 1.165) is 23.6 Å². The normalized spacial score (nSPS) is 11.5. The first kappa shape index (κ1) is 15.7. The first-order chi connectivity index (χ1) is 10.4. The largest absolute Gasteiger partial charge is 0.478 e. The Morgan fingerprint density at radius 2 is 1.82 bits per heavy atom. The van der Waals surface area contributed by atoms with Crippen LogP contribution in [0, 0.1) is 5.82 Å². The van der Waals surface area contributed by atoms with Crippen molar-refractivity contribution in [2.24, 2.45) is 0 Å². The maximum Gasteiger partial charge on any atom is 0.335 e. The van der Waals surface area contributed by atoms with Crippen molar-refractivity contribution in [2.75, 3.05) is 4.72 Å². The van der Waals surface area contributed by atoms with E-state index in [2.05, 4.69) is 0 Å². The smallest absolute Gasteiger partial charge is 0.335 e. The summed E-state index contributed by atoms with van der Waals surface area (Å²) in [6.07, 6.45) is 1.35. The molecule has 0 aliphatic rings. The second-order valence-corrected chi connectivity index (χ2v) is 5.93. The molecule has 2 aromatic rings. The Hall–Kier alpha value is -2.67. The fourth-order valence-electron chi connectivity index (χ4n) is 1.66. The minimum atomic E-state index is -3.96. The highest BCUT2D eigenvalue weighted by molar-refractivity contribution is 7.95. The summed E-state index contributed by atoms with van der Waals surface area (Å²) in [7, 11) is -3.96. The molecule has 0 heterocycles. The molecule has 0 bridgehead atoms. The summed E-state index contributed by atoms with van der Waals surface area (Å²) in [6.45, 7) is 0. The molecule has 2 aromatic carbocycles. The Balaban J connectivity index is 2.24. The molecule has 0 aromatic heterocycles. The van der Waals surface area contributed by atoms with E-state index in [1.54, 1.807) is 30.3 Å². The molecule has 22 heavy (non-hydrogen) atoms. The Morgan fingerprint density at radius 3 is 2.45 bits per heavy atom. The highest BCUT2D eigenvalue weighted by Gasteiger charge is 2.13. The first-order valence-electron chi connectivity index (χ1n) is 6.16. The predicted molar refractivity (Wildman–Crippen MR) is 81.4 cm³/mol. The Kier molecular flexibility index (Phi) is 4.57. The highest BCUT2D eigenvalue weighted by Crippen LogP contribution is 2.18. The van der Waals surface area contributed by atoms with Crippen LogP contribution in [0.4, 0.5) is 10.1 Å². The fourth-order valence-corrected chi connectivity index (χ4v) is 2.52. The molecule has 0 spiro atoms. The number of carbonyl (C=O) groups is 1. The van der Waals surface area contributed by atoms with Gasteiger partial charge in [-0.05, 0) is 29.8 Å². The second kappa shape index (κ2) is 6.40. The van der Waals surface area contributed by atoms with Crippen LogP contribution in [0.25, 0.3) is 6.08 Å². The third-order valence-electron chi connectivity index (χ3n) is 2.70. The van der Waals surface area contributed by atoms with Crippen molar-refractivity contribution in [1.82, 2.24) is 0 Å². The lowest BCUT2D eigenvalue weighted by atomic mass is 10.2. The van der Waals surface area contributed by atoms with Crippen molar-refractivity contribution in [2.45, 2.75) is 0 Å². The summed E-state index contributed by atoms with van der Waals surface area (Å²) in [6, 6.07) is 11.6. The monoisotopic (exact) mass is 321 g/mol. The van der Waals surface area contributed by atoms with Gasteiger partial charge in [0.1, 0.15) is 5.82 Å². The van der Waals surface area contributed by atoms with Gasteiger partial charge in [0.2, 0.25) is 0 Å². The molecule has 0 saturated carbocycles. The van der Waals surface area contributed by atoms with Crippen LogP contribution in [0.5, 0.6) is 0 Å². The molecule has 114 valence electrons. The van der Waals surface area contributed by atoms with Crippen molar-refractivity contribution in [3.63, 3.8) is 0 Å². The van der Waals surface area contributed by atoms with Gasteiger partial charge in [-0.15, -0.1) is 0 Å². The Labute approximate surface area is 126 Å². The second-order valence-electron chi connectivity index (χ2n) is 4.36. The van der Waals surface area contributed by atoms with E-state index in [9.17, 15) is 17.6 Å². The topological polar surface area (TPSA) is 83.5 Å². The zero-order valence-corrected chi connectivity index (χ0v) is 12.0. The van der Waals surface area contributed by atoms with Gasteiger partial charge in [0.05, 0.1) is 16.7 Å². The third-order valence-corrected chi connectivity index (χ3v) is 3.70. The molecule has 7 heteroatoms. The maximum atomic E-state index is 13.6. The molecule has 0 aliphatic carbocycles. The third kappa shape index (κ3) is 4.16. The van der Waals surface area contributed by atoms with Crippen molar-refractivity contribution >= 4 is 27.8 Å². The van der Waals surface area contributed by atoms with E-state index in [4.69, 9.17) is 5.11 Å². The van der Waals surface area contributed by atoms with Crippen LogP contribution in [-0.2, 0) is 10.0 Å². The van der Waals surface area contributed by atoms with Crippen molar-refractivity contribution in [3.05, 3.63) is 70.9 Å². The first-order valence-corrected chi connectivity index (χ1v) is 7.71. The van der Waals surface area contributed by atoms with Crippen LogP contribution in [0.3, 0.4) is 0 Å². The van der Waals surface area contributed by atoms with Gasteiger partial charge in [0.15, 0.2) is 0 Å². The van der Waals surface area contributed by atoms with Crippen LogP contribution < -0.4 is 4.72 Å². The lowest BCUT2D eigenvalue weighted by Crippen LogP contribution is -2.11. The molecule has 0 amide bonds. The number of hydrogen-bond donors (Lipinski definition) is 2. The van der Waals surface area contributed by atoms with Gasteiger partial charge in [0, 0.05) is 0 Å². The lowest BCUT2D eigenvalue weighted by molar-refractivity contribution is 0.0697. The molecule has 5 nitrogen and oxygen atoms in total. The predicted octanol–water partition coefficient (Wildman–Crippen LogP) is 2.94. The SMILES string of the molecule is O=C(O)c1ccc(F)c(NS(=O)(=O)C=Cc2ccccc2)c1. The van der Waals surface area contributed by atoms with Crippen molar-refractivity contribution in [3.8, 4) is 0 Å². The summed E-state index contributed by atoms with van der Waals surface area (Å²) in [4.78, 5) is 10.8. The molecule has 2 rings (SSSR count). The van der Waals surface area contributed by atoms with Gasteiger partial charge >= 0.3 is 5.97 Å². The summed E-state index contributed by atoms with van der Waals surface area (Å²) < 4.78 is 39.4. The van der Waals surface area contributed by atoms with Crippen LogP contribution >= 0.6 is 0 Å². The van der Waals surface area contributed by atoms with E-state index in [0.29, 0.717) is 5.56 Å². The quantitative estimate of drug-likeness (QED) is 0.887. The molecule has 0 aliphatic heterocycles. The van der Waals surface area contributed by atoms with E-state index < -0.39 is 27.5 Å². The molecule has 0 unspecified atom stereocenters. The zero-order valence-electron chi connectivity index (χ0n) is 11.2. The summed E-state index contributed by atoms with van der Waals surface area (Å²) in [5, 5.41) is 9.72. The summed E-state index contributed by atoms with van der Waals surface area (Å²) in [5.41, 5.74) is 0.0244. The highest BCUT2D eigenvalue weighted by atomic mass is 32.2. The number of nitrogens with one attached hydrogen (secondary N) is 1. The summed E-state index contributed by atoms with van der Waals surface area (Å²) in [5.74, 6) is -2.14. The van der Waals surface area contributed by atoms with Crippen LogP contribution in [0.1, 0.15) is 15.9 Å². The van der Waals surface area contributed by atoms with Crippen LogP contribution in [0.15, 0.2) is 53.9 Å². The van der Waals surface area contributed by atoms with Gasteiger partial charge in [-0.25, -0.2) is 17.6 Å². The maximum absolute atomic E-state index is 13.6. The molecule has 0 radical (unpaired) electrons. The Bertz CT molecular complexity index is 817. The minimum Gasteiger partial charge on any atom is -0.478 e. The van der Waals surface area contributed by atoms with E-state index in [-0.39, 0.29) is 5.56 Å². The van der Waals surface area contributed by atoms with Gasteiger partial charge in [-0.1, -0.05) is 30.3 Å². The number of carboxylic acids is 1. The number of benzene rings is 2. The fraction of sp³-hybridized carbons (Fsp3) is 0. The van der Waals surface area contributed by atoms with E-state index >= 15 is 0 Å². The number of anilines is 1. The van der Waals surface area contributed by atoms with Gasteiger partial charge in [0.25, 0.3) is 10.0 Å². The van der Waals surface area contributed by atoms with Gasteiger partial charge in [-0.3, -0.25) is 4.72 Å². The molecule has 0 atom stereocenters. The van der Waals surface area contributed by atoms with Gasteiger partial charge < -0.3 is 5.11 Å². The molecule has 2 N–H and O–H groups in total. The number of rotatable bonds is 5. The molecular weight excluding hydrogens is 309 g/mol. The Morgan fingerprint density at radius 1 is 1.14 bits per heavy atom. The molecule has 0 fully saturated rings. The summed E-state index contributed by atoms with van der Waals surface area (Å²) >= 11 is 0. The standard InChI is InChI=1S/C15H12FNO4S/c16-13-7-6-12(15(18)19)10-14(13)17-22(20,21)9-8-11-4-2-1-3-5-11/h1-10,17H,(H,18,19). The number of halogens is 1. The lowest BCUT2D eigenvalue weighted by Gasteiger charge is -2.06. The van der Waals surface area contributed by atoms with E-state index in [1.165, 1.54) is 6.08 Å². The van der Waals surface area contributed by atoms with E-state index in [1.807, 2.05) is 4.72 Å². The average Bonchev–Trinajstić information content (AvgIpc) is 2.48. The van der Waals surface area contributed by atoms with Crippen LogP contribution in [0.2, 0.25) is 0 Å².